The maximum Gasteiger partial charge on any atom is 0.127 e. The van der Waals surface area contributed by atoms with Gasteiger partial charge in [0.05, 0.1) is 0 Å². The van der Waals surface area contributed by atoms with E-state index in [0.29, 0.717) is 0 Å². The van der Waals surface area contributed by atoms with Gasteiger partial charge in [-0.15, -0.1) is 0 Å². The van der Waals surface area contributed by atoms with E-state index >= 15 is 0 Å². The molecule has 0 unspecified atom stereocenters. The first-order valence-corrected chi connectivity index (χ1v) is 4.88. The summed E-state index contributed by atoms with van der Waals surface area (Å²) in [5.41, 5.74) is 3.07. The van der Waals surface area contributed by atoms with Crippen molar-refractivity contribution < 1.29 is 4.52 Å². The Balaban J connectivity index is 2.44. The van der Waals surface area contributed by atoms with Gasteiger partial charge in [-0.2, -0.15) is 0 Å². The van der Waals surface area contributed by atoms with Gasteiger partial charge in [-0.1, -0.05) is 35.8 Å². The fraction of sp³-hybridized carbons (Fsp3) is 0.182. The van der Waals surface area contributed by atoms with Gasteiger partial charge in [-0.3, -0.25) is 0 Å². The molecule has 3 heteroatoms. The quantitative estimate of drug-likeness (QED) is 0.753. The van der Waals surface area contributed by atoms with Crippen molar-refractivity contribution in [2.45, 2.75) is 13.3 Å². The zero-order valence-corrected chi connectivity index (χ0v) is 8.58. The summed E-state index contributed by atoms with van der Waals surface area (Å²) in [5, 5.41) is 4.70. The summed E-state index contributed by atoms with van der Waals surface area (Å²) in [6.45, 7) is 2.08. The van der Waals surface area contributed by atoms with Crippen LogP contribution < -0.4 is 0 Å². The average molecular weight is 208 g/mol. The van der Waals surface area contributed by atoms with E-state index in [0.717, 1.165) is 28.3 Å². The van der Waals surface area contributed by atoms with Crippen molar-refractivity contribution in [2.75, 3.05) is 0 Å². The van der Waals surface area contributed by atoms with E-state index in [1.54, 1.807) is 6.26 Å². The molecule has 72 valence electrons. The van der Waals surface area contributed by atoms with Crippen LogP contribution in [0.15, 0.2) is 35.1 Å². The van der Waals surface area contributed by atoms with Crippen molar-refractivity contribution in [2.24, 2.45) is 0 Å². The summed E-state index contributed by atoms with van der Waals surface area (Å²) >= 11 is 5.80. The molecule has 0 saturated carbocycles. The number of benzene rings is 1. The molecule has 0 fully saturated rings. The van der Waals surface area contributed by atoms with Crippen molar-refractivity contribution in [3.05, 3.63) is 41.1 Å². The minimum absolute atomic E-state index is 0.732. The molecule has 1 aromatic carbocycles. The van der Waals surface area contributed by atoms with Gasteiger partial charge in [0, 0.05) is 16.1 Å². The zero-order chi connectivity index (χ0) is 9.97. The first-order valence-electron chi connectivity index (χ1n) is 4.50. The Bertz CT molecular complexity index is 419. The third-order valence-electron chi connectivity index (χ3n) is 2.14. The molecule has 1 aromatic heterocycles. The van der Waals surface area contributed by atoms with Crippen LogP contribution in [0, 0.1) is 0 Å². The second kappa shape index (κ2) is 3.84. The number of halogens is 1. The van der Waals surface area contributed by atoms with E-state index in [4.69, 9.17) is 16.1 Å². The highest BCUT2D eigenvalue weighted by Gasteiger charge is 2.07. The molecule has 0 spiro atoms. The highest BCUT2D eigenvalue weighted by atomic mass is 35.5. The van der Waals surface area contributed by atoms with Gasteiger partial charge in [-0.25, -0.2) is 0 Å². The monoisotopic (exact) mass is 207 g/mol. The summed E-state index contributed by atoms with van der Waals surface area (Å²) in [6.07, 6.45) is 2.60. The van der Waals surface area contributed by atoms with Gasteiger partial charge in [0.2, 0.25) is 0 Å². The molecule has 0 aliphatic heterocycles. The molecule has 1 heterocycles. The summed E-state index contributed by atoms with van der Waals surface area (Å²) in [5.74, 6) is 0. The molecule has 2 rings (SSSR count). The van der Waals surface area contributed by atoms with Gasteiger partial charge < -0.3 is 4.52 Å². The van der Waals surface area contributed by atoms with E-state index in [2.05, 4.69) is 12.1 Å². The van der Waals surface area contributed by atoms with Gasteiger partial charge in [0.15, 0.2) is 0 Å². The fourth-order valence-electron chi connectivity index (χ4n) is 1.35. The van der Waals surface area contributed by atoms with Gasteiger partial charge in [0.25, 0.3) is 0 Å². The topological polar surface area (TPSA) is 26.0 Å². The lowest BCUT2D eigenvalue weighted by Crippen LogP contribution is -1.83. The summed E-state index contributed by atoms with van der Waals surface area (Å²) in [7, 11) is 0. The number of hydrogen-bond acceptors (Lipinski definition) is 2. The van der Waals surface area contributed by atoms with Crippen LogP contribution in [0.2, 0.25) is 5.02 Å². The number of rotatable bonds is 2. The Morgan fingerprint density at radius 2 is 2.00 bits per heavy atom. The van der Waals surface area contributed by atoms with Crippen LogP contribution >= 0.6 is 11.6 Å². The van der Waals surface area contributed by atoms with Crippen LogP contribution in [0.3, 0.4) is 0 Å². The molecule has 0 aliphatic carbocycles. The predicted molar refractivity (Wildman–Crippen MR) is 56.3 cm³/mol. The molecular formula is C11H10ClNO. The van der Waals surface area contributed by atoms with E-state index < -0.39 is 0 Å². The minimum atomic E-state index is 0.732. The normalized spacial score (nSPS) is 10.4. The van der Waals surface area contributed by atoms with Crippen LogP contribution in [-0.4, -0.2) is 5.16 Å². The summed E-state index contributed by atoms with van der Waals surface area (Å²) in [6, 6.07) is 7.59. The zero-order valence-electron chi connectivity index (χ0n) is 7.83. The SMILES string of the molecule is CCc1conc1-c1ccc(Cl)cc1. The molecule has 0 bridgehead atoms. The van der Waals surface area contributed by atoms with E-state index in [1.807, 2.05) is 24.3 Å². The highest BCUT2D eigenvalue weighted by molar-refractivity contribution is 6.30. The average Bonchev–Trinajstić information content (AvgIpc) is 2.67. The number of aryl methyl sites for hydroxylation is 1. The summed E-state index contributed by atoms with van der Waals surface area (Å²) < 4.78 is 4.94. The lowest BCUT2D eigenvalue weighted by atomic mass is 10.1. The second-order valence-electron chi connectivity index (χ2n) is 3.05. The minimum Gasteiger partial charge on any atom is -0.364 e. The largest absolute Gasteiger partial charge is 0.364 e. The smallest absolute Gasteiger partial charge is 0.127 e. The number of hydrogen-bond donors (Lipinski definition) is 0. The third kappa shape index (κ3) is 1.66. The lowest BCUT2D eigenvalue weighted by molar-refractivity contribution is 0.421. The first kappa shape index (κ1) is 9.28. The lowest BCUT2D eigenvalue weighted by Gasteiger charge is -1.98. The third-order valence-corrected chi connectivity index (χ3v) is 2.39. The molecule has 0 atom stereocenters. The predicted octanol–water partition coefficient (Wildman–Crippen LogP) is 3.56. The van der Waals surface area contributed by atoms with Crippen LogP contribution in [0.4, 0.5) is 0 Å². The molecule has 0 N–H and O–H groups in total. The Labute approximate surface area is 87.5 Å². The van der Waals surface area contributed by atoms with E-state index in [9.17, 15) is 0 Å². The van der Waals surface area contributed by atoms with Crippen LogP contribution in [0.5, 0.6) is 0 Å². The van der Waals surface area contributed by atoms with Crippen molar-refractivity contribution in [1.29, 1.82) is 0 Å². The van der Waals surface area contributed by atoms with E-state index in [-0.39, 0.29) is 0 Å². The Morgan fingerprint density at radius 1 is 1.29 bits per heavy atom. The molecule has 0 aliphatic rings. The highest BCUT2D eigenvalue weighted by Crippen LogP contribution is 2.23. The molecule has 14 heavy (non-hydrogen) atoms. The standard InChI is InChI=1S/C11H10ClNO/c1-2-8-7-14-13-11(8)9-3-5-10(12)6-4-9/h3-7H,2H2,1H3. The van der Waals surface area contributed by atoms with Gasteiger partial charge >= 0.3 is 0 Å². The van der Waals surface area contributed by atoms with Crippen molar-refractivity contribution in [1.82, 2.24) is 5.16 Å². The molecular weight excluding hydrogens is 198 g/mol. The molecule has 2 aromatic rings. The van der Waals surface area contributed by atoms with Crippen LogP contribution in [-0.2, 0) is 6.42 Å². The first-order chi connectivity index (χ1) is 6.81. The van der Waals surface area contributed by atoms with Crippen molar-refractivity contribution >= 4 is 11.6 Å². The number of nitrogens with zero attached hydrogens (tertiary/aromatic N) is 1. The van der Waals surface area contributed by atoms with E-state index in [1.165, 1.54) is 0 Å². The molecule has 2 nitrogen and oxygen atoms in total. The molecule has 0 saturated heterocycles. The maximum atomic E-state index is 5.80. The molecule has 0 amide bonds. The second-order valence-corrected chi connectivity index (χ2v) is 3.49. The Morgan fingerprint density at radius 3 is 2.64 bits per heavy atom. The van der Waals surface area contributed by atoms with Crippen molar-refractivity contribution in [3.8, 4) is 11.3 Å². The Hall–Kier alpha value is -1.28. The fourth-order valence-corrected chi connectivity index (χ4v) is 1.48. The van der Waals surface area contributed by atoms with Gasteiger partial charge in [-0.05, 0) is 18.6 Å². The van der Waals surface area contributed by atoms with Crippen molar-refractivity contribution in [3.63, 3.8) is 0 Å². The Kier molecular flexibility index (Phi) is 2.55. The van der Waals surface area contributed by atoms with Gasteiger partial charge in [0.1, 0.15) is 12.0 Å². The van der Waals surface area contributed by atoms with Crippen LogP contribution in [0.25, 0.3) is 11.3 Å². The summed E-state index contributed by atoms with van der Waals surface area (Å²) in [4.78, 5) is 0. The molecule has 0 radical (unpaired) electrons. The van der Waals surface area contributed by atoms with Crippen LogP contribution in [0.1, 0.15) is 12.5 Å². The number of aromatic nitrogens is 1. The maximum absolute atomic E-state index is 5.80.